The van der Waals surface area contributed by atoms with E-state index in [0.29, 0.717) is 0 Å². The molecule has 2 aliphatic carbocycles. The highest BCUT2D eigenvalue weighted by atomic mass is 16.5. The molecule has 2 fully saturated rings. The van der Waals surface area contributed by atoms with Crippen LogP contribution in [0.3, 0.4) is 0 Å². The number of methoxy groups -OCH3 is 1. The van der Waals surface area contributed by atoms with Crippen molar-refractivity contribution in [3.8, 4) is 0 Å². The van der Waals surface area contributed by atoms with Crippen LogP contribution < -0.4 is 5.73 Å². The largest absolute Gasteiger partial charge is 0.383 e. The maximum Gasteiger partial charge on any atom is 0.0645 e. The van der Waals surface area contributed by atoms with Gasteiger partial charge in [-0.2, -0.15) is 0 Å². The second kappa shape index (κ2) is 2.46. The first kappa shape index (κ1) is 7.56. The molecule has 2 N–H and O–H groups in total. The number of hydrogen-bond donors (Lipinski definition) is 1. The Bertz CT molecular complexity index is 160. The molecule has 2 heteroatoms. The van der Waals surface area contributed by atoms with Gasteiger partial charge >= 0.3 is 0 Å². The highest BCUT2D eigenvalue weighted by Gasteiger charge is 2.48. The van der Waals surface area contributed by atoms with Crippen molar-refractivity contribution in [2.75, 3.05) is 13.7 Å². The second-order valence-corrected chi connectivity index (χ2v) is 4.25. The van der Waals surface area contributed by atoms with Crippen LogP contribution in [0, 0.1) is 11.8 Å². The molecule has 64 valence electrons. The number of nitrogens with two attached hydrogens (primary N) is 1. The molecule has 0 heterocycles. The van der Waals surface area contributed by atoms with E-state index in [0.717, 1.165) is 18.4 Å². The Hall–Kier alpha value is -0.0800. The van der Waals surface area contributed by atoms with Crippen molar-refractivity contribution in [1.82, 2.24) is 0 Å². The SMILES string of the molecule is COC[C@]1(N)C[C@H]2CC[C@@H]1C2. The standard InChI is InChI=1S/C9H17NO/c1-11-6-9(10)5-7-2-3-8(9)4-7/h7-8H,2-6,10H2,1H3/t7-,8+,9+/m0/s1. The molecule has 2 aliphatic rings. The summed E-state index contributed by atoms with van der Waals surface area (Å²) in [5.41, 5.74) is 6.27. The summed E-state index contributed by atoms with van der Waals surface area (Å²) in [7, 11) is 1.75. The third-order valence-electron chi connectivity index (χ3n) is 3.44. The van der Waals surface area contributed by atoms with E-state index in [-0.39, 0.29) is 5.54 Å². The molecule has 0 aliphatic heterocycles. The quantitative estimate of drug-likeness (QED) is 0.649. The summed E-state index contributed by atoms with van der Waals surface area (Å²) in [5, 5.41) is 0. The number of rotatable bonds is 2. The van der Waals surface area contributed by atoms with Crippen LogP contribution in [0.1, 0.15) is 25.7 Å². The average molecular weight is 155 g/mol. The second-order valence-electron chi connectivity index (χ2n) is 4.25. The molecule has 2 rings (SSSR count). The number of hydrogen-bond acceptors (Lipinski definition) is 2. The molecule has 0 aromatic heterocycles. The first-order chi connectivity index (χ1) is 5.24. The predicted octanol–water partition coefficient (Wildman–Crippen LogP) is 1.15. The topological polar surface area (TPSA) is 35.2 Å². The third-order valence-corrected chi connectivity index (χ3v) is 3.44. The van der Waals surface area contributed by atoms with Crippen molar-refractivity contribution >= 4 is 0 Å². The molecule has 0 spiro atoms. The van der Waals surface area contributed by atoms with Crippen LogP contribution in [-0.4, -0.2) is 19.3 Å². The third kappa shape index (κ3) is 1.09. The Morgan fingerprint density at radius 3 is 2.82 bits per heavy atom. The van der Waals surface area contributed by atoms with E-state index in [1.54, 1.807) is 7.11 Å². The van der Waals surface area contributed by atoms with Gasteiger partial charge in [-0.25, -0.2) is 0 Å². The van der Waals surface area contributed by atoms with Crippen molar-refractivity contribution in [1.29, 1.82) is 0 Å². The van der Waals surface area contributed by atoms with E-state index in [9.17, 15) is 0 Å². The number of fused-ring (bicyclic) bond motifs is 2. The van der Waals surface area contributed by atoms with E-state index in [4.69, 9.17) is 10.5 Å². The van der Waals surface area contributed by atoms with Gasteiger partial charge in [0.2, 0.25) is 0 Å². The minimum absolute atomic E-state index is 0.0394. The monoisotopic (exact) mass is 155 g/mol. The van der Waals surface area contributed by atoms with Gasteiger partial charge in [-0.3, -0.25) is 0 Å². The van der Waals surface area contributed by atoms with Crippen molar-refractivity contribution in [3.05, 3.63) is 0 Å². The van der Waals surface area contributed by atoms with Gasteiger partial charge in [0, 0.05) is 12.6 Å². The highest BCUT2D eigenvalue weighted by molar-refractivity contribution is 5.04. The summed E-state index contributed by atoms with van der Waals surface area (Å²) < 4.78 is 5.16. The molecule has 11 heavy (non-hydrogen) atoms. The Balaban J connectivity index is 2.04. The van der Waals surface area contributed by atoms with Gasteiger partial charge in [0.15, 0.2) is 0 Å². The zero-order chi connectivity index (χ0) is 7.90. The van der Waals surface area contributed by atoms with E-state index in [2.05, 4.69) is 0 Å². The van der Waals surface area contributed by atoms with Crippen LogP contribution in [0.4, 0.5) is 0 Å². The van der Waals surface area contributed by atoms with Crippen LogP contribution >= 0.6 is 0 Å². The first-order valence-electron chi connectivity index (χ1n) is 4.52. The van der Waals surface area contributed by atoms with Crippen molar-refractivity contribution in [2.45, 2.75) is 31.2 Å². The predicted molar refractivity (Wildman–Crippen MR) is 44.2 cm³/mol. The lowest BCUT2D eigenvalue weighted by molar-refractivity contribution is 0.0973. The Labute approximate surface area is 68.1 Å². The van der Waals surface area contributed by atoms with Gasteiger partial charge < -0.3 is 10.5 Å². The van der Waals surface area contributed by atoms with E-state index in [1.165, 1.54) is 25.7 Å². The zero-order valence-electron chi connectivity index (χ0n) is 7.18. The molecule has 3 atom stereocenters. The number of ether oxygens (including phenoxy) is 1. The summed E-state index contributed by atoms with van der Waals surface area (Å²) in [6.45, 7) is 0.758. The lowest BCUT2D eigenvalue weighted by Gasteiger charge is -2.32. The lowest BCUT2D eigenvalue weighted by Crippen LogP contribution is -2.48. The van der Waals surface area contributed by atoms with Gasteiger partial charge in [0.05, 0.1) is 6.61 Å². The van der Waals surface area contributed by atoms with Crippen molar-refractivity contribution in [3.63, 3.8) is 0 Å². The van der Waals surface area contributed by atoms with Gasteiger partial charge in [0.1, 0.15) is 0 Å². The van der Waals surface area contributed by atoms with Crippen LogP contribution in [-0.2, 0) is 4.74 Å². The van der Waals surface area contributed by atoms with E-state index < -0.39 is 0 Å². The molecular weight excluding hydrogens is 138 g/mol. The lowest BCUT2D eigenvalue weighted by atomic mass is 9.82. The van der Waals surface area contributed by atoms with Crippen molar-refractivity contribution in [2.24, 2.45) is 17.6 Å². The summed E-state index contributed by atoms with van der Waals surface area (Å²) in [6, 6.07) is 0. The molecule has 0 amide bonds. The molecule has 0 radical (unpaired) electrons. The van der Waals surface area contributed by atoms with Gasteiger partial charge in [-0.05, 0) is 31.1 Å². The Morgan fingerprint density at radius 1 is 1.55 bits per heavy atom. The van der Waals surface area contributed by atoms with E-state index in [1.807, 2.05) is 0 Å². The molecule has 2 nitrogen and oxygen atoms in total. The van der Waals surface area contributed by atoms with Gasteiger partial charge in [-0.15, -0.1) is 0 Å². The van der Waals surface area contributed by atoms with Crippen LogP contribution in [0.15, 0.2) is 0 Å². The van der Waals surface area contributed by atoms with Crippen LogP contribution in [0.5, 0.6) is 0 Å². The molecule has 2 bridgehead atoms. The first-order valence-corrected chi connectivity index (χ1v) is 4.52. The molecule has 0 saturated heterocycles. The van der Waals surface area contributed by atoms with Gasteiger partial charge in [0.25, 0.3) is 0 Å². The molecule has 0 aromatic carbocycles. The minimum Gasteiger partial charge on any atom is -0.383 e. The van der Waals surface area contributed by atoms with Crippen molar-refractivity contribution < 1.29 is 4.74 Å². The normalized spacial score (nSPS) is 48.5. The maximum atomic E-state index is 6.23. The van der Waals surface area contributed by atoms with E-state index >= 15 is 0 Å². The van der Waals surface area contributed by atoms with Crippen LogP contribution in [0.2, 0.25) is 0 Å². The molecule has 0 aromatic rings. The highest BCUT2D eigenvalue weighted by Crippen LogP contribution is 2.49. The summed E-state index contributed by atoms with van der Waals surface area (Å²) in [4.78, 5) is 0. The fraction of sp³-hybridized carbons (Fsp3) is 1.00. The summed E-state index contributed by atoms with van der Waals surface area (Å²) in [6.07, 6.45) is 5.31. The summed E-state index contributed by atoms with van der Waals surface area (Å²) in [5.74, 6) is 1.67. The molecule has 0 unspecified atom stereocenters. The summed E-state index contributed by atoms with van der Waals surface area (Å²) >= 11 is 0. The van der Waals surface area contributed by atoms with Crippen LogP contribution in [0.25, 0.3) is 0 Å². The maximum absolute atomic E-state index is 6.23. The fourth-order valence-electron chi connectivity index (χ4n) is 2.93. The Morgan fingerprint density at radius 2 is 2.36 bits per heavy atom. The average Bonchev–Trinajstić information content (AvgIpc) is 2.45. The smallest absolute Gasteiger partial charge is 0.0645 e. The Kier molecular flexibility index (Phi) is 1.69. The van der Waals surface area contributed by atoms with Gasteiger partial charge in [-0.1, -0.05) is 6.42 Å². The molecule has 2 saturated carbocycles. The zero-order valence-corrected chi connectivity index (χ0v) is 7.18. The minimum atomic E-state index is 0.0394. The fourth-order valence-corrected chi connectivity index (χ4v) is 2.93. The molecular formula is C9H17NO.